The summed E-state index contributed by atoms with van der Waals surface area (Å²) in [5.41, 5.74) is 2.93. The number of nitrogens with one attached hydrogen (secondary N) is 2. The third kappa shape index (κ3) is 3.88. The number of rotatable bonds is 6. The summed E-state index contributed by atoms with van der Waals surface area (Å²) in [5.74, 6) is -2.24. The van der Waals surface area contributed by atoms with E-state index < -0.39 is 29.0 Å². The van der Waals surface area contributed by atoms with Gasteiger partial charge in [-0.25, -0.2) is 4.39 Å². The van der Waals surface area contributed by atoms with Crippen LogP contribution in [-0.2, 0) is 17.8 Å². The first-order chi connectivity index (χ1) is 16.3. The molecule has 1 aromatic carbocycles. The minimum Gasteiger partial charge on any atom is -0.340 e. The second kappa shape index (κ2) is 8.55. The molecule has 0 bridgehead atoms. The van der Waals surface area contributed by atoms with Gasteiger partial charge >= 0.3 is 0 Å². The maximum absolute atomic E-state index is 13.5. The number of anilines is 1. The lowest BCUT2D eigenvalue weighted by Crippen LogP contribution is -2.42. The zero-order valence-electron chi connectivity index (χ0n) is 18.8. The maximum atomic E-state index is 13.5. The van der Waals surface area contributed by atoms with E-state index in [1.165, 1.54) is 18.2 Å². The Kier molecular flexibility index (Phi) is 5.68. The molecule has 0 saturated heterocycles. The first kappa shape index (κ1) is 22.6. The number of carbonyl (C=O) groups excluding carboxylic acids is 3. The van der Waals surface area contributed by atoms with Crippen molar-refractivity contribution in [1.29, 1.82) is 0 Å². The first-order valence-corrected chi connectivity index (χ1v) is 11.9. The molecule has 6 nitrogen and oxygen atoms in total. The molecule has 2 amide bonds. The fraction of sp³-hybridized carbons (Fsp3) is 0.346. The van der Waals surface area contributed by atoms with Crippen LogP contribution in [0, 0.1) is 12.7 Å². The molecule has 8 heteroatoms. The molecule has 5 rings (SSSR count). The lowest BCUT2D eigenvalue weighted by Gasteiger charge is -2.22. The number of aromatic nitrogens is 1. The van der Waals surface area contributed by atoms with Crippen LogP contribution in [0.25, 0.3) is 0 Å². The van der Waals surface area contributed by atoms with Crippen molar-refractivity contribution in [3.8, 4) is 0 Å². The van der Waals surface area contributed by atoms with Crippen LogP contribution >= 0.6 is 11.6 Å². The molecule has 0 spiro atoms. The Bertz CT molecular complexity index is 1290. The smallest absolute Gasteiger partial charge is 0.293 e. The van der Waals surface area contributed by atoms with Gasteiger partial charge in [0.25, 0.3) is 17.6 Å². The summed E-state index contributed by atoms with van der Waals surface area (Å²) in [6.45, 7) is 2.28. The fourth-order valence-corrected chi connectivity index (χ4v) is 5.30. The third-order valence-corrected chi connectivity index (χ3v) is 7.26. The minimum atomic E-state index is -0.631. The highest BCUT2D eigenvalue weighted by molar-refractivity contribution is 6.44. The van der Waals surface area contributed by atoms with Crippen LogP contribution in [0.4, 0.5) is 10.1 Å². The van der Waals surface area contributed by atoms with Crippen molar-refractivity contribution in [3.63, 3.8) is 0 Å². The topological polar surface area (TPSA) is 80.2 Å². The lowest BCUT2D eigenvalue weighted by molar-refractivity contribution is -0.117. The molecule has 1 aliphatic heterocycles. The molecule has 2 aliphatic carbocycles. The van der Waals surface area contributed by atoms with Gasteiger partial charge in [-0.05, 0) is 74.8 Å². The van der Waals surface area contributed by atoms with Gasteiger partial charge in [-0.15, -0.1) is 0 Å². The van der Waals surface area contributed by atoms with Crippen molar-refractivity contribution in [2.45, 2.75) is 57.5 Å². The standard InChI is InChI=1S/C26H25ClFN3O3/c1-15-21(23(32)25(34)30-26(11-12-26)16-6-3-2-4-7-16)20-8-5-13-31(20)22(15)24(33)29-17-9-10-19(28)18(27)14-17/h2-3,6,9-10,14H,4-5,7-8,11-13H2,1H3,(H,29,33)(H,30,34). The molecule has 0 unspecified atom stereocenters. The summed E-state index contributed by atoms with van der Waals surface area (Å²) in [6, 6.07) is 3.94. The Morgan fingerprint density at radius 1 is 1.18 bits per heavy atom. The highest BCUT2D eigenvalue weighted by atomic mass is 35.5. The summed E-state index contributed by atoms with van der Waals surface area (Å²) in [4.78, 5) is 39.6. The van der Waals surface area contributed by atoms with E-state index in [1.54, 1.807) is 6.92 Å². The molecule has 0 atom stereocenters. The van der Waals surface area contributed by atoms with Gasteiger partial charge in [0.1, 0.15) is 11.5 Å². The van der Waals surface area contributed by atoms with Crippen LogP contribution in [0.5, 0.6) is 0 Å². The molecular weight excluding hydrogens is 457 g/mol. The van der Waals surface area contributed by atoms with E-state index in [0.29, 0.717) is 41.2 Å². The molecule has 2 heterocycles. The Balaban J connectivity index is 1.41. The Labute approximate surface area is 201 Å². The predicted octanol–water partition coefficient (Wildman–Crippen LogP) is 4.90. The van der Waals surface area contributed by atoms with Gasteiger partial charge in [-0.2, -0.15) is 0 Å². The number of hydrogen-bond acceptors (Lipinski definition) is 3. The predicted molar refractivity (Wildman–Crippen MR) is 128 cm³/mol. The number of hydrogen-bond donors (Lipinski definition) is 2. The van der Waals surface area contributed by atoms with Crippen molar-refractivity contribution in [1.82, 2.24) is 9.88 Å². The highest BCUT2D eigenvalue weighted by Gasteiger charge is 2.48. The highest BCUT2D eigenvalue weighted by Crippen LogP contribution is 2.45. The van der Waals surface area contributed by atoms with Crippen molar-refractivity contribution >= 4 is 34.9 Å². The van der Waals surface area contributed by atoms with Crippen molar-refractivity contribution < 1.29 is 18.8 Å². The molecule has 1 aromatic heterocycles. The number of fused-ring (bicyclic) bond motifs is 1. The van der Waals surface area contributed by atoms with Gasteiger partial charge in [0.15, 0.2) is 0 Å². The van der Waals surface area contributed by atoms with Crippen molar-refractivity contribution in [2.24, 2.45) is 0 Å². The van der Waals surface area contributed by atoms with Crippen LogP contribution in [0.1, 0.15) is 64.2 Å². The van der Waals surface area contributed by atoms with E-state index in [1.807, 2.05) is 16.7 Å². The summed E-state index contributed by atoms with van der Waals surface area (Å²) in [6.07, 6.45) is 11.0. The maximum Gasteiger partial charge on any atom is 0.293 e. The van der Waals surface area contributed by atoms with Gasteiger partial charge in [0.2, 0.25) is 0 Å². The Morgan fingerprint density at radius 3 is 2.65 bits per heavy atom. The number of carbonyl (C=O) groups is 3. The summed E-state index contributed by atoms with van der Waals surface area (Å²) >= 11 is 5.83. The lowest BCUT2D eigenvalue weighted by atomic mass is 9.95. The summed E-state index contributed by atoms with van der Waals surface area (Å²) in [7, 11) is 0. The normalized spacial score (nSPS) is 17.7. The molecule has 0 radical (unpaired) electrons. The van der Waals surface area contributed by atoms with E-state index in [0.717, 1.165) is 37.7 Å². The molecule has 2 aromatic rings. The average molecular weight is 482 g/mol. The van der Waals surface area contributed by atoms with E-state index in [2.05, 4.69) is 16.7 Å². The van der Waals surface area contributed by atoms with Gasteiger partial charge in [0.05, 0.1) is 16.1 Å². The van der Waals surface area contributed by atoms with Crippen LogP contribution in [-0.4, -0.2) is 27.7 Å². The SMILES string of the molecule is Cc1c(C(=O)C(=O)NC2(C3=CC=CCC3)CC2)c2n(c1C(=O)Nc1ccc(F)c(Cl)c1)CCC2. The largest absolute Gasteiger partial charge is 0.340 e. The number of amides is 2. The van der Waals surface area contributed by atoms with Gasteiger partial charge in [0, 0.05) is 17.9 Å². The molecule has 1 saturated carbocycles. The summed E-state index contributed by atoms with van der Waals surface area (Å²) in [5, 5.41) is 5.63. The van der Waals surface area contributed by atoms with E-state index in [-0.39, 0.29) is 5.02 Å². The zero-order chi connectivity index (χ0) is 24.0. The van der Waals surface area contributed by atoms with Crippen LogP contribution in [0.15, 0.2) is 42.0 Å². The number of allylic oxidation sites excluding steroid dienone is 3. The van der Waals surface area contributed by atoms with Gasteiger partial charge in [-0.1, -0.05) is 29.8 Å². The van der Waals surface area contributed by atoms with E-state index in [9.17, 15) is 18.8 Å². The molecule has 176 valence electrons. The molecule has 34 heavy (non-hydrogen) atoms. The number of nitrogens with zero attached hydrogens (tertiary/aromatic N) is 1. The monoisotopic (exact) mass is 481 g/mol. The van der Waals surface area contributed by atoms with Crippen LogP contribution < -0.4 is 10.6 Å². The molecule has 2 N–H and O–H groups in total. The first-order valence-electron chi connectivity index (χ1n) is 11.5. The van der Waals surface area contributed by atoms with Gasteiger partial charge in [-0.3, -0.25) is 14.4 Å². The van der Waals surface area contributed by atoms with Crippen LogP contribution in [0.2, 0.25) is 5.02 Å². The fourth-order valence-electron chi connectivity index (χ4n) is 5.12. The van der Waals surface area contributed by atoms with E-state index in [4.69, 9.17) is 11.6 Å². The molecule has 3 aliphatic rings. The molecule has 1 fully saturated rings. The minimum absolute atomic E-state index is 0.0972. The van der Waals surface area contributed by atoms with Crippen LogP contribution in [0.3, 0.4) is 0 Å². The zero-order valence-corrected chi connectivity index (χ0v) is 19.6. The average Bonchev–Trinajstić information content (AvgIpc) is 3.36. The molecular formula is C26H25ClFN3O3. The quantitative estimate of drug-likeness (QED) is 0.455. The number of halogens is 2. The number of ketones is 1. The second-order valence-corrected chi connectivity index (χ2v) is 9.56. The Hall–Kier alpha value is -3.19. The number of Topliss-reactive ketones (excluding diaryl/α,β-unsaturated/α-hetero) is 1. The van der Waals surface area contributed by atoms with Gasteiger partial charge < -0.3 is 15.2 Å². The second-order valence-electron chi connectivity index (χ2n) is 9.16. The van der Waals surface area contributed by atoms with Crippen molar-refractivity contribution in [3.05, 3.63) is 75.4 Å². The summed E-state index contributed by atoms with van der Waals surface area (Å²) < 4.78 is 15.3. The third-order valence-electron chi connectivity index (χ3n) is 6.97. The van der Waals surface area contributed by atoms with E-state index >= 15 is 0 Å². The number of benzene rings is 1. The van der Waals surface area contributed by atoms with Crippen molar-refractivity contribution in [2.75, 3.05) is 5.32 Å². The Morgan fingerprint density at radius 2 is 1.97 bits per heavy atom.